The molecule has 2 aliphatic heterocycles. The molecule has 2 saturated heterocycles. The highest BCUT2D eigenvalue weighted by atomic mass is 19.3. The van der Waals surface area contributed by atoms with Crippen molar-refractivity contribution in [3.05, 3.63) is 83.6 Å². The quantitative estimate of drug-likeness (QED) is 0.108. The van der Waals surface area contributed by atoms with E-state index in [1.54, 1.807) is 34.2 Å². The second-order valence-electron chi connectivity index (χ2n) is 18.6. The molecule has 2 aromatic heterocycles. The van der Waals surface area contributed by atoms with Crippen LogP contribution in [0.1, 0.15) is 101 Å². The summed E-state index contributed by atoms with van der Waals surface area (Å²) in [6, 6.07) is 13.6. The van der Waals surface area contributed by atoms with Crippen LogP contribution in [0.4, 0.5) is 18.4 Å². The van der Waals surface area contributed by atoms with Crippen LogP contribution in [0.25, 0.3) is 44.5 Å². The molecule has 1 spiro atoms. The molecule has 1 saturated carbocycles. The summed E-state index contributed by atoms with van der Waals surface area (Å²) in [6.07, 6.45) is 5.45. The number of benzene rings is 3. The first-order valence-electron chi connectivity index (χ1n) is 22.1. The van der Waals surface area contributed by atoms with Gasteiger partial charge in [-0.05, 0) is 102 Å². The highest BCUT2D eigenvalue weighted by molar-refractivity contribution is 5.89. The highest BCUT2D eigenvalue weighted by Gasteiger charge is 2.55. The summed E-state index contributed by atoms with van der Waals surface area (Å²) in [7, 11) is 2.53. The number of nitrogens with one attached hydrogen (secondary N) is 4. The molecule has 2 aliphatic carbocycles. The van der Waals surface area contributed by atoms with E-state index in [0.717, 1.165) is 37.7 Å². The number of aromatic nitrogens is 4. The Balaban J connectivity index is 0.952. The van der Waals surface area contributed by atoms with Crippen LogP contribution < -0.4 is 10.6 Å². The number of carbonyl (C=O) groups is 4. The summed E-state index contributed by atoms with van der Waals surface area (Å²) < 4.78 is 42.9. The van der Waals surface area contributed by atoms with Gasteiger partial charge in [0, 0.05) is 29.8 Å². The summed E-state index contributed by atoms with van der Waals surface area (Å²) in [5.41, 5.74) is 4.61. The maximum absolute atomic E-state index is 16.6. The number of alkyl carbamates (subject to hydrolysis) is 2. The van der Waals surface area contributed by atoms with Crippen molar-refractivity contribution in [2.75, 3.05) is 27.3 Å². The van der Waals surface area contributed by atoms with Gasteiger partial charge in [-0.15, -0.1) is 0 Å². The molecule has 0 bridgehead atoms. The van der Waals surface area contributed by atoms with E-state index in [-0.39, 0.29) is 52.3 Å². The predicted octanol–water partition coefficient (Wildman–Crippen LogP) is 8.61. The van der Waals surface area contributed by atoms with E-state index in [0.29, 0.717) is 70.1 Å². The van der Waals surface area contributed by atoms with Gasteiger partial charge in [-0.2, -0.15) is 8.78 Å². The van der Waals surface area contributed by atoms with Gasteiger partial charge in [-0.3, -0.25) is 9.59 Å². The molecule has 1 unspecified atom stereocenters. The number of hydrogen-bond acceptors (Lipinski definition) is 8. The molecule has 3 fully saturated rings. The van der Waals surface area contributed by atoms with Crippen molar-refractivity contribution < 1.29 is 37.4 Å². The van der Waals surface area contributed by atoms with Crippen molar-refractivity contribution in [1.29, 1.82) is 0 Å². The van der Waals surface area contributed by atoms with Gasteiger partial charge < -0.3 is 39.9 Å². The first kappa shape index (κ1) is 43.0. The molecule has 9 rings (SSSR count). The maximum Gasteiger partial charge on any atom is 0.407 e. The number of halogens is 2. The smallest absolute Gasteiger partial charge is 0.407 e. The van der Waals surface area contributed by atoms with Gasteiger partial charge in [0.1, 0.15) is 23.7 Å². The Morgan fingerprint density at radius 2 is 1.34 bits per heavy atom. The molecule has 4 heterocycles. The number of carbonyl (C=O) groups excluding carboxylic acids is 4. The number of likely N-dealkylation sites (tertiary alicyclic amines) is 2. The Labute approximate surface area is 369 Å². The normalized spacial score (nSPS) is 20.3. The van der Waals surface area contributed by atoms with Gasteiger partial charge in [0.2, 0.25) is 11.8 Å². The Bertz CT molecular complexity index is 2650. The van der Waals surface area contributed by atoms with E-state index >= 15 is 8.78 Å². The molecule has 16 heteroatoms. The van der Waals surface area contributed by atoms with E-state index in [1.165, 1.54) is 20.3 Å². The topological polar surface area (TPSA) is 175 Å². The minimum Gasteiger partial charge on any atom is -0.453 e. The van der Waals surface area contributed by atoms with Crippen LogP contribution in [-0.2, 0) is 25.0 Å². The zero-order valence-corrected chi connectivity index (χ0v) is 36.9. The molecule has 4 amide bonds. The second kappa shape index (κ2) is 16.3. The highest BCUT2D eigenvalue weighted by Crippen LogP contribution is 2.58. The van der Waals surface area contributed by atoms with Crippen molar-refractivity contribution in [3.63, 3.8) is 0 Å². The maximum atomic E-state index is 16.6. The molecule has 64 heavy (non-hydrogen) atoms. The lowest BCUT2D eigenvalue weighted by Gasteiger charge is -2.37. The van der Waals surface area contributed by atoms with Crippen LogP contribution in [0.15, 0.2) is 60.8 Å². The Morgan fingerprint density at radius 1 is 0.750 bits per heavy atom. The average molecular weight is 877 g/mol. The number of piperidine rings is 1. The van der Waals surface area contributed by atoms with Crippen LogP contribution in [0, 0.1) is 17.3 Å². The van der Waals surface area contributed by atoms with E-state index in [4.69, 9.17) is 19.4 Å². The van der Waals surface area contributed by atoms with Crippen LogP contribution in [0.5, 0.6) is 0 Å². The number of amides is 4. The minimum atomic E-state index is -3.29. The third-order valence-corrected chi connectivity index (χ3v) is 13.7. The van der Waals surface area contributed by atoms with Gasteiger partial charge in [-0.1, -0.05) is 58.0 Å². The Morgan fingerprint density at radius 3 is 1.97 bits per heavy atom. The number of methoxy groups -OCH3 is 2. The zero-order chi connectivity index (χ0) is 45.2. The summed E-state index contributed by atoms with van der Waals surface area (Å²) in [4.78, 5) is 72.0. The molecule has 4 N–H and O–H groups in total. The number of alkyl halides is 2. The van der Waals surface area contributed by atoms with Crippen molar-refractivity contribution in [1.82, 2.24) is 40.4 Å². The van der Waals surface area contributed by atoms with Gasteiger partial charge in [0.05, 0.1) is 49.2 Å². The number of hydrogen-bond donors (Lipinski definition) is 4. The SMILES string of the molecule is COC(=O)N[C@H](C(=O)N1CC2(CC2)CC1c1ncc(-c2ccc3c(c2)C(F)(F)c2cc(-c4ccc5nc([C@@H]6CCCCN6C(=O)[C@@H](NC(=O)OC)C(C)C)[nH]c5c4)ccc2-3)[nH]1)C(C)C. The largest absolute Gasteiger partial charge is 0.453 e. The second-order valence-corrected chi connectivity index (χ2v) is 18.6. The van der Waals surface area contributed by atoms with Gasteiger partial charge in [0.15, 0.2) is 0 Å². The molecule has 3 aromatic carbocycles. The molecular weight excluding hydrogens is 823 g/mol. The Hall–Kier alpha value is -6.32. The van der Waals surface area contributed by atoms with E-state index in [2.05, 4.69) is 20.6 Å². The number of nitrogens with zero attached hydrogens (tertiary/aromatic N) is 4. The van der Waals surface area contributed by atoms with E-state index < -0.39 is 30.2 Å². The van der Waals surface area contributed by atoms with Crippen LogP contribution >= 0.6 is 0 Å². The van der Waals surface area contributed by atoms with Crippen LogP contribution in [0.2, 0.25) is 0 Å². The molecule has 14 nitrogen and oxygen atoms in total. The van der Waals surface area contributed by atoms with E-state index in [1.807, 2.05) is 58.0 Å². The fraction of sp³-hybridized carbons (Fsp3) is 0.458. The van der Waals surface area contributed by atoms with Crippen LogP contribution in [-0.4, -0.2) is 93.1 Å². The number of fused-ring (bicyclic) bond motifs is 4. The number of rotatable bonds is 10. The lowest BCUT2D eigenvalue weighted by molar-refractivity contribution is -0.138. The third kappa shape index (κ3) is 7.63. The zero-order valence-electron chi connectivity index (χ0n) is 36.9. The number of imidazole rings is 2. The fourth-order valence-electron chi connectivity index (χ4n) is 9.90. The lowest BCUT2D eigenvalue weighted by Crippen LogP contribution is -2.53. The molecule has 0 radical (unpaired) electrons. The number of H-pyrrole nitrogens is 2. The minimum absolute atomic E-state index is 0.00994. The number of ether oxygens (including phenoxy) is 2. The van der Waals surface area contributed by atoms with Gasteiger partial charge >= 0.3 is 12.2 Å². The monoisotopic (exact) mass is 876 g/mol. The lowest BCUT2D eigenvalue weighted by atomic mass is 9.97. The van der Waals surface area contributed by atoms with Crippen molar-refractivity contribution in [2.45, 2.75) is 96.3 Å². The van der Waals surface area contributed by atoms with Gasteiger partial charge in [0.25, 0.3) is 5.92 Å². The predicted molar refractivity (Wildman–Crippen MR) is 235 cm³/mol. The summed E-state index contributed by atoms with van der Waals surface area (Å²) in [5.74, 6) is -2.84. The molecule has 4 atom stereocenters. The number of aromatic amines is 2. The first-order valence-corrected chi connectivity index (χ1v) is 22.1. The summed E-state index contributed by atoms with van der Waals surface area (Å²) in [5, 5.41) is 5.39. The van der Waals surface area contributed by atoms with Gasteiger partial charge in [-0.25, -0.2) is 19.6 Å². The van der Waals surface area contributed by atoms with Crippen molar-refractivity contribution in [2.24, 2.45) is 17.3 Å². The average Bonchev–Trinajstić information content (AvgIpc) is 3.62. The van der Waals surface area contributed by atoms with Crippen LogP contribution in [0.3, 0.4) is 0 Å². The van der Waals surface area contributed by atoms with Crippen molar-refractivity contribution >= 4 is 35.0 Å². The fourth-order valence-corrected chi connectivity index (χ4v) is 9.90. The first-order chi connectivity index (χ1) is 30.6. The third-order valence-electron chi connectivity index (χ3n) is 13.7. The Kier molecular flexibility index (Phi) is 11.0. The van der Waals surface area contributed by atoms with Crippen molar-refractivity contribution in [3.8, 4) is 33.5 Å². The summed E-state index contributed by atoms with van der Waals surface area (Å²) >= 11 is 0. The van der Waals surface area contributed by atoms with E-state index in [9.17, 15) is 19.2 Å². The standard InChI is InChI=1S/C48H54F2N8O6/c1-25(2)39(55-45(61)63-5)43(59)57-18-8-7-9-37(57)42-52-34-15-12-28(21-35(34)53-42)27-10-13-30-31-14-11-29(20-33(31)48(49,50)32(30)19-27)36-23-51-41(54-36)38-22-47(16-17-47)24-58(38)44(60)40(26(3)4)56-46(62)64-6/h10-15,19-21,23,25-26,37-40H,7-9,16-18,22,24H2,1-6H3,(H,51,54)(H,52,53)(H,55,61)(H,56,62)/t37-,38?,39-,40-/m0/s1. The molecular formula is C48H54F2N8O6. The molecule has 4 aliphatic rings. The summed E-state index contributed by atoms with van der Waals surface area (Å²) in [6.45, 7) is 8.57. The molecule has 336 valence electrons. The molecule has 5 aromatic rings.